The van der Waals surface area contributed by atoms with Crippen molar-refractivity contribution in [1.29, 1.82) is 0 Å². The van der Waals surface area contributed by atoms with Gasteiger partial charge in [0.15, 0.2) is 5.82 Å². The van der Waals surface area contributed by atoms with Gasteiger partial charge < -0.3 is 15.3 Å². The first-order valence-electron chi connectivity index (χ1n) is 6.56. The Morgan fingerprint density at radius 2 is 2.15 bits per heavy atom. The Bertz CT molecular complexity index is 467. The number of carbonyl (C=O) groups excluding carboxylic acids is 1. The third-order valence-corrected chi connectivity index (χ3v) is 3.93. The molecule has 9 nitrogen and oxygen atoms in total. The third-order valence-electron chi connectivity index (χ3n) is 3.93. The zero-order valence-corrected chi connectivity index (χ0v) is 11.3. The van der Waals surface area contributed by atoms with Crippen LogP contribution in [-0.2, 0) is 11.3 Å². The summed E-state index contributed by atoms with van der Waals surface area (Å²) in [4.78, 5) is 24.9. The molecule has 1 fully saturated rings. The summed E-state index contributed by atoms with van der Waals surface area (Å²) in [6.07, 6.45) is 1.55. The topological polar surface area (TPSA) is 124 Å². The maximum absolute atomic E-state index is 11.9. The molecule has 1 aliphatic rings. The normalized spacial score (nSPS) is 17.8. The first kappa shape index (κ1) is 14.2. The number of carbonyl (C=O) groups is 2. The molecule has 0 aliphatic carbocycles. The highest BCUT2D eigenvalue weighted by atomic mass is 16.4. The Morgan fingerprint density at radius 3 is 2.65 bits per heavy atom. The van der Waals surface area contributed by atoms with Crippen LogP contribution in [0.3, 0.4) is 0 Å². The van der Waals surface area contributed by atoms with Gasteiger partial charge >= 0.3 is 12.0 Å². The number of amides is 2. The van der Waals surface area contributed by atoms with Gasteiger partial charge in [-0.2, -0.15) is 5.21 Å². The number of aliphatic carboxylic acids is 1. The molecule has 20 heavy (non-hydrogen) atoms. The van der Waals surface area contributed by atoms with Crippen LogP contribution in [0.5, 0.6) is 0 Å². The Hall–Kier alpha value is -2.19. The average Bonchev–Trinajstić information content (AvgIpc) is 2.98. The lowest BCUT2D eigenvalue weighted by atomic mass is 9.76. The number of tetrazole rings is 1. The number of rotatable bonds is 4. The summed E-state index contributed by atoms with van der Waals surface area (Å²) in [6.45, 7) is 2.96. The summed E-state index contributed by atoms with van der Waals surface area (Å²) in [5.41, 5.74) is -0.690. The summed E-state index contributed by atoms with van der Waals surface area (Å²) in [5, 5.41) is 25.1. The van der Waals surface area contributed by atoms with E-state index in [1.807, 2.05) is 6.92 Å². The predicted octanol–water partition coefficient (Wildman–Crippen LogP) is -0.0139. The van der Waals surface area contributed by atoms with E-state index in [1.165, 1.54) is 0 Å². The number of piperidine rings is 1. The van der Waals surface area contributed by atoms with Crippen molar-refractivity contribution in [2.24, 2.45) is 5.41 Å². The zero-order chi connectivity index (χ0) is 14.6. The van der Waals surface area contributed by atoms with Crippen molar-refractivity contribution in [1.82, 2.24) is 30.8 Å². The molecule has 1 aromatic rings. The van der Waals surface area contributed by atoms with Crippen molar-refractivity contribution in [2.75, 3.05) is 13.1 Å². The maximum Gasteiger partial charge on any atom is 0.317 e. The molecule has 9 heteroatoms. The van der Waals surface area contributed by atoms with Crippen LogP contribution < -0.4 is 5.32 Å². The molecule has 110 valence electrons. The molecule has 0 aromatic carbocycles. The summed E-state index contributed by atoms with van der Waals surface area (Å²) in [7, 11) is 0. The predicted molar refractivity (Wildman–Crippen MR) is 67.6 cm³/mol. The van der Waals surface area contributed by atoms with Gasteiger partial charge in [-0.1, -0.05) is 12.1 Å². The van der Waals surface area contributed by atoms with E-state index in [-0.39, 0.29) is 12.6 Å². The number of carboxylic acid groups (broad SMARTS) is 1. The number of aromatic amines is 1. The lowest BCUT2D eigenvalue weighted by Gasteiger charge is -2.38. The number of nitrogens with one attached hydrogen (secondary N) is 2. The van der Waals surface area contributed by atoms with Crippen LogP contribution in [0.15, 0.2) is 0 Å². The molecule has 0 bridgehead atoms. The van der Waals surface area contributed by atoms with E-state index in [2.05, 4.69) is 25.9 Å². The highest BCUT2D eigenvalue weighted by molar-refractivity contribution is 5.77. The highest BCUT2D eigenvalue weighted by Gasteiger charge is 2.40. The van der Waals surface area contributed by atoms with Crippen LogP contribution in [-0.4, -0.2) is 55.7 Å². The Labute approximate surface area is 115 Å². The van der Waals surface area contributed by atoms with Gasteiger partial charge in [-0.25, -0.2) is 4.79 Å². The van der Waals surface area contributed by atoms with Crippen LogP contribution >= 0.6 is 0 Å². The molecule has 1 saturated heterocycles. The van der Waals surface area contributed by atoms with Gasteiger partial charge in [-0.3, -0.25) is 4.79 Å². The van der Waals surface area contributed by atoms with Gasteiger partial charge in [0.25, 0.3) is 0 Å². The van der Waals surface area contributed by atoms with Gasteiger partial charge in [0.05, 0.1) is 12.0 Å². The van der Waals surface area contributed by atoms with Gasteiger partial charge in [-0.15, -0.1) is 10.2 Å². The highest BCUT2D eigenvalue weighted by Crippen LogP contribution is 2.35. The van der Waals surface area contributed by atoms with Crippen LogP contribution in [0.25, 0.3) is 0 Å². The smallest absolute Gasteiger partial charge is 0.317 e. The number of H-pyrrole nitrogens is 1. The van der Waals surface area contributed by atoms with Gasteiger partial charge in [0.1, 0.15) is 0 Å². The van der Waals surface area contributed by atoms with Gasteiger partial charge in [0.2, 0.25) is 0 Å². The molecule has 0 spiro atoms. The molecule has 2 rings (SSSR count). The van der Waals surface area contributed by atoms with Crippen LogP contribution in [0, 0.1) is 5.41 Å². The standard InChI is InChI=1S/C11H18N6O3/c1-2-11(9(18)19)3-5-17(6-4-11)10(20)12-7-8-13-15-16-14-8/h2-7H2,1H3,(H,12,20)(H,18,19)(H,13,14,15,16). The molecular weight excluding hydrogens is 264 g/mol. The van der Waals surface area contributed by atoms with Crippen LogP contribution in [0.1, 0.15) is 32.0 Å². The van der Waals surface area contributed by atoms with Gasteiger partial charge in [0, 0.05) is 13.1 Å². The quantitative estimate of drug-likeness (QED) is 0.713. The molecule has 0 saturated carbocycles. The average molecular weight is 282 g/mol. The number of likely N-dealkylation sites (tertiary alicyclic amines) is 1. The monoisotopic (exact) mass is 282 g/mol. The fourth-order valence-electron chi connectivity index (χ4n) is 2.38. The molecule has 2 amide bonds. The third kappa shape index (κ3) is 2.86. The van der Waals surface area contributed by atoms with Crippen molar-refractivity contribution < 1.29 is 14.7 Å². The molecular formula is C11H18N6O3. The molecule has 1 aliphatic heterocycles. The van der Waals surface area contributed by atoms with Crippen molar-refractivity contribution >= 4 is 12.0 Å². The van der Waals surface area contributed by atoms with E-state index in [0.29, 0.717) is 38.2 Å². The number of hydrogen-bond acceptors (Lipinski definition) is 5. The number of aromatic nitrogens is 4. The van der Waals surface area contributed by atoms with Crippen molar-refractivity contribution in [3.63, 3.8) is 0 Å². The number of nitrogens with zero attached hydrogens (tertiary/aromatic N) is 4. The van der Waals surface area contributed by atoms with E-state index in [9.17, 15) is 14.7 Å². The molecule has 3 N–H and O–H groups in total. The minimum Gasteiger partial charge on any atom is -0.481 e. The minimum absolute atomic E-state index is 0.198. The second-order valence-corrected chi connectivity index (χ2v) is 4.91. The SMILES string of the molecule is CCC1(C(=O)O)CCN(C(=O)NCc2nn[nH]n2)CC1. The second-order valence-electron chi connectivity index (χ2n) is 4.91. The maximum atomic E-state index is 11.9. The van der Waals surface area contributed by atoms with Crippen LogP contribution in [0.4, 0.5) is 4.79 Å². The first-order chi connectivity index (χ1) is 9.57. The van der Waals surface area contributed by atoms with Crippen LogP contribution in [0.2, 0.25) is 0 Å². The number of carboxylic acids is 1. The molecule has 0 radical (unpaired) electrons. The van der Waals surface area contributed by atoms with E-state index in [1.54, 1.807) is 4.90 Å². The summed E-state index contributed by atoms with van der Waals surface area (Å²) < 4.78 is 0. The summed E-state index contributed by atoms with van der Waals surface area (Å²) in [5.74, 6) is -0.365. The first-order valence-corrected chi connectivity index (χ1v) is 6.56. The minimum atomic E-state index is -0.771. The van der Waals surface area contributed by atoms with E-state index in [0.717, 1.165) is 0 Å². The van der Waals surface area contributed by atoms with Crippen molar-refractivity contribution in [2.45, 2.75) is 32.7 Å². The lowest BCUT2D eigenvalue weighted by Crippen LogP contribution is -2.49. The van der Waals surface area contributed by atoms with Crippen molar-refractivity contribution in [3.05, 3.63) is 5.82 Å². The molecule has 2 heterocycles. The Balaban J connectivity index is 1.84. The Morgan fingerprint density at radius 1 is 1.45 bits per heavy atom. The van der Waals surface area contributed by atoms with E-state index in [4.69, 9.17) is 0 Å². The molecule has 1 aromatic heterocycles. The van der Waals surface area contributed by atoms with Gasteiger partial charge in [-0.05, 0) is 19.3 Å². The lowest BCUT2D eigenvalue weighted by molar-refractivity contribution is -0.151. The fourth-order valence-corrected chi connectivity index (χ4v) is 2.38. The van der Waals surface area contributed by atoms with E-state index >= 15 is 0 Å². The second kappa shape index (κ2) is 5.85. The summed E-state index contributed by atoms with van der Waals surface area (Å²) in [6, 6.07) is -0.232. The number of hydrogen-bond donors (Lipinski definition) is 3. The van der Waals surface area contributed by atoms with E-state index < -0.39 is 11.4 Å². The fraction of sp³-hybridized carbons (Fsp3) is 0.727. The molecule has 0 unspecified atom stereocenters. The largest absolute Gasteiger partial charge is 0.481 e. The molecule has 0 atom stereocenters. The zero-order valence-electron chi connectivity index (χ0n) is 11.3. The number of urea groups is 1. The van der Waals surface area contributed by atoms with Crippen molar-refractivity contribution in [3.8, 4) is 0 Å². The Kier molecular flexibility index (Phi) is 4.16. The summed E-state index contributed by atoms with van der Waals surface area (Å²) >= 11 is 0.